The number of hydrogen-bond donors (Lipinski definition) is 1. The van der Waals surface area contributed by atoms with Crippen LogP contribution in [-0.4, -0.2) is 5.54 Å². The van der Waals surface area contributed by atoms with Gasteiger partial charge in [0, 0.05) is 12.1 Å². The summed E-state index contributed by atoms with van der Waals surface area (Å²) in [6.45, 7) is 7.42. The lowest BCUT2D eigenvalue weighted by atomic mass is 10.1. The largest absolute Gasteiger partial charge is 0.308 e. The zero-order valence-electron chi connectivity index (χ0n) is 8.02. The van der Waals surface area contributed by atoms with Gasteiger partial charge in [-0.1, -0.05) is 18.2 Å². The van der Waals surface area contributed by atoms with Crippen molar-refractivity contribution >= 4 is 0 Å². The Morgan fingerprint density at radius 2 is 2.17 bits per heavy atom. The summed E-state index contributed by atoms with van der Waals surface area (Å²) < 4.78 is 0. The second-order valence-electron chi connectivity index (χ2n) is 4.02. The highest BCUT2D eigenvalue weighted by atomic mass is 14.9. The van der Waals surface area contributed by atoms with Crippen LogP contribution in [-0.2, 0) is 6.54 Å². The molecule has 0 saturated heterocycles. The second-order valence-corrected chi connectivity index (χ2v) is 4.02. The van der Waals surface area contributed by atoms with Crippen LogP contribution in [0, 0.1) is 6.07 Å². The van der Waals surface area contributed by atoms with Crippen molar-refractivity contribution in [3.63, 3.8) is 0 Å². The summed E-state index contributed by atoms with van der Waals surface area (Å²) in [5.41, 5.74) is 1.47. The highest BCUT2D eigenvalue weighted by molar-refractivity contribution is 5.13. The molecular formula is C11H16N. The van der Waals surface area contributed by atoms with Gasteiger partial charge in [0.2, 0.25) is 0 Å². The molecule has 0 atom stereocenters. The highest BCUT2D eigenvalue weighted by Crippen LogP contribution is 2.03. The minimum absolute atomic E-state index is 0.190. The molecule has 1 N–H and O–H groups in total. The van der Waals surface area contributed by atoms with Crippen molar-refractivity contribution in [3.8, 4) is 0 Å². The van der Waals surface area contributed by atoms with E-state index in [9.17, 15) is 0 Å². The Morgan fingerprint density at radius 1 is 1.42 bits per heavy atom. The Morgan fingerprint density at radius 3 is 2.67 bits per heavy atom. The van der Waals surface area contributed by atoms with E-state index < -0.39 is 0 Å². The molecule has 0 heterocycles. The van der Waals surface area contributed by atoms with Crippen LogP contribution >= 0.6 is 0 Å². The topological polar surface area (TPSA) is 12.0 Å². The van der Waals surface area contributed by atoms with E-state index in [-0.39, 0.29) is 5.54 Å². The zero-order chi connectivity index (χ0) is 9.03. The van der Waals surface area contributed by atoms with Gasteiger partial charge in [0.05, 0.1) is 0 Å². The average Bonchev–Trinajstić information content (AvgIpc) is 2.02. The van der Waals surface area contributed by atoms with Gasteiger partial charge in [-0.3, -0.25) is 0 Å². The van der Waals surface area contributed by atoms with Crippen molar-refractivity contribution in [1.82, 2.24) is 5.32 Å². The van der Waals surface area contributed by atoms with Crippen LogP contribution in [0.25, 0.3) is 0 Å². The van der Waals surface area contributed by atoms with E-state index >= 15 is 0 Å². The van der Waals surface area contributed by atoms with E-state index in [4.69, 9.17) is 0 Å². The maximum absolute atomic E-state index is 3.42. The molecule has 0 amide bonds. The molecule has 0 aliphatic rings. The Labute approximate surface area is 74.8 Å². The van der Waals surface area contributed by atoms with Gasteiger partial charge in [0.25, 0.3) is 0 Å². The first-order chi connectivity index (χ1) is 5.58. The van der Waals surface area contributed by atoms with Crippen LogP contribution < -0.4 is 5.32 Å². The maximum atomic E-state index is 3.42. The van der Waals surface area contributed by atoms with E-state index in [1.807, 2.05) is 18.2 Å². The Kier molecular flexibility index (Phi) is 2.88. The fourth-order valence-corrected chi connectivity index (χ4v) is 0.908. The Balaban J connectivity index is 2.44. The van der Waals surface area contributed by atoms with Crippen molar-refractivity contribution in [2.75, 3.05) is 0 Å². The molecule has 0 aromatic heterocycles. The van der Waals surface area contributed by atoms with E-state index in [0.29, 0.717) is 0 Å². The minimum Gasteiger partial charge on any atom is -0.308 e. The summed E-state index contributed by atoms with van der Waals surface area (Å²) in [5.74, 6) is 0. The Hall–Kier alpha value is -0.820. The van der Waals surface area contributed by atoms with Crippen molar-refractivity contribution < 1.29 is 0 Å². The smallest absolute Gasteiger partial charge is 0.0210 e. The highest BCUT2D eigenvalue weighted by Gasteiger charge is 2.07. The van der Waals surface area contributed by atoms with Gasteiger partial charge in [0.1, 0.15) is 0 Å². The predicted molar refractivity (Wildman–Crippen MR) is 51.9 cm³/mol. The molecule has 1 heteroatoms. The second kappa shape index (κ2) is 3.72. The summed E-state index contributed by atoms with van der Waals surface area (Å²) in [7, 11) is 0. The molecule has 1 aromatic rings. The van der Waals surface area contributed by atoms with E-state index in [1.54, 1.807) is 0 Å². The SMILES string of the molecule is CC(C)(C)NCc1c[c]ccc1. The molecule has 12 heavy (non-hydrogen) atoms. The van der Waals surface area contributed by atoms with Crippen LogP contribution in [0.3, 0.4) is 0 Å². The molecule has 0 saturated carbocycles. The molecule has 1 aromatic carbocycles. The number of hydrogen-bond acceptors (Lipinski definition) is 1. The first-order valence-corrected chi connectivity index (χ1v) is 4.28. The lowest BCUT2D eigenvalue weighted by molar-refractivity contribution is 0.424. The number of nitrogens with one attached hydrogen (secondary N) is 1. The van der Waals surface area contributed by atoms with E-state index in [1.165, 1.54) is 5.56 Å². The third-order valence-electron chi connectivity index (χ3n) is 1.59. The third kappa shape index (κ3) is 3.54. The summed E-state index contributed by atoms with van der Waals surface area (Å²) in [6, 6.07) is 11.1. The van der Waals surface area contributed by atoms with Crippen molar-refractivity contribution in [1.29, 1.82) is 0 Å². The molecule has 0 spiro atoms. The normalized spacial score (nSPS) is 11.6. The van der Waals surface area contributed by atoms with Crippen molar-refractivity contribution in [2.24, 2.45) is 0 Å². The fraction of sp³-hybridized carbons (Fsp3) is 0.455. The molecule has 65 valence electrons. The molecule has 0 aliphatic carbocycles. The number of rotatable bonds is 2. The van der Waals surface area contributed by atoms with E-state index in [0.717, 1.165) is 6.54 Å². The molecule has 1 rings (SSSR count). The van der Waals surface area contributed by atoms with Gasteiger partial charge < -0.3 is 5.32 Å². The number of benzene rings is 1. The maximum Gasteiger partial charge on any atom is 0.0210 e. The van der Waals surface area contributed by atoms with Crippen LogP contribution in [0.15, 0.2) is 24.3 Å². The van der Waals surface area contributed by atoms with Crippen LogP contribution in [0.4, 0.5) is 0 Å². The van der Waals surface area contributed by atoms with Crippen LogP contribution in [0.5, 0.6) is 0 Å². The summed E-state index contributed by atoms with van der Waals surface area (Å²) in [4.78, 5) is 0. The minimum atomic E-state index is 0.190. The summed E-state index contributed by atoms with van der Waals surface area (Å²) in [5, 5.41) is 3.42. The van der Waals surface area contributed by atoms with Gasteiger partial charge in [-0.25, -0.2) is 0 Å². The molecule has 0 bridgehead atoms. The molecule has 0 aliphatic heterocycles. The molecule has 1 nitrogen and oxygen atoms in total. The van der Waals surface area contributed by atoms with Gasteiger partial charge in [-0.05, 0) is 38.5 Å². The standard InChI is InChI=1S/C11H16N/c1-11(2,3)12-9-10-7-5-4-6-8-10/h4-5,7-8,12H,9H2,1-3H3. The van der Waals surface area contributed by atoms with Gasteiger partial charge >= 0.3 is 0 Å². The van der Waals surface area contributed by atoms with Gasteiger partial charge in [-0.15, -0.1) is 0 Å². The first-order valence-electron chi connectivity index (χ1n) is 4.28. The first kappa shape index (κ1) is 9.27. The molecule has 0 fully saturated rings. The fourth-order valence-electron chi connectivity index (χ4n) is 0.908. The molecular weight excluding hydrogens is 146 g/mol. The van der Waals surface area contributed by atoms with Crippen LogP contribution in [0.2, 0.25) is 0 Å². The molecule has 1 radical (unpaired) electrons. The van der Waals surface area contributed by atoms with Crippen molar-refractivity contribution in [3.05, 3.63) is 35.9 Å². The van der Waals surface area contributed by atoms with Gasteiger partial charge in [-0.2, -0.15) is 0 Å². The van der Waals surface area contributed by atoms with Crippen LogP contribution in [0.1, 0.15) is 26.3 Å². The van der Waals surface area contributed by atoms with Gasteiger partial charge in [0.15, 0.2) is 0 Å². The molecule has 0 unspecified atom stereocenters. The third-order valence-corrected chi connectivity index (χ3v) is 1.59. The zero-order valence-corrected chi connectivity index (χ0v) is 8.02. The quantitative estimate of drug-likeness (QED) is 0.704. The lowest BCUT2D eigenvalue weighted by Crippen LogP contribution is -2.34. The predicted octanol–water partition coefficient (Wildman–Crippen LogP) is 2.37. The monoisotopic (exact) mass is 162 g/mol. The average molecular weight is 162 g/mol. The summed E-state index contributed by atoms with van der Waals surface area (Å²) in [6.07, 6.45) is 0. The van der Waals surface area contributed by atoms with Crippen molar-refractivity contribution in [2.45, 2.75) is 32.9 Å². The Bertz CT molecular complexity index is 221. The lowest BCUT2D eigenvalue weighted by Gasteiger charge is -2.20. The van der Waals surface area contributed by atoms with E-state index in [2.05, 4.69) is 38.2 Å². The summed E-state index contributed by atoms with van der Waals surface area (Å²) >= 11 is 0.